The molecule has 98 valence electrons. The molecule has 0 saturated heterocycles. The molecule has 1 N–H and O–H groups in total. The maximum atomic E-state index is 13.3. The van der Waals surface area contributed by atoms with Gasteiger partial charge in [0.2, 0.25) is 0 Å². The zero-order valence-corrected chi connectivity index (χ0v) is 9.82. The second-order valence-corrected chi connectivity index (χ2v) is 3.82. The molecule has 0 aromatic heterocycles. The van der Waals surface area contributed by atoms with Crippen LogP contribution >= 0.6 is 0 Å². The molecule has 0 heterocycles. The van der Waals surface area contributed by atoms with Gasteiger partial charge in [-0.25, -0.2) is 8.78 Å². The van der Waals surface area contributed by atoms with Gasteiger partial charge in [0.25, 0.3) is 5.91 Å². The number of carbonyl (C=O) groups is 2. The smallest absolute Gasteiger partial charge is 0.303 e. The fraction of sp³-hybridized carbons (Fsp3) is 0.333. The van der Waals surface area contributed by atoms with Crippen LogP contribution < -0.4 is 0 Å². The van der Waals surface area contributed by atoms with E-state index >= 15 is 0 Å². The summed E-state index contributed by atoms with van der Waals surface area (Å²) in [5.74, 6) is -3.63. The van der Waals surface area contributed by atoms with Gasteiger partial charge in [0.1, 0.15) is 17.2 Å². The number of carboxylic acids is 1. The quantitative estimate of drug-likeness (QED) is 0.876. The van der Waals surface area contributed by atoms with Crippen molar-refractivity contribution in [3.05, 3.63) is 35.4 Å². The summed E-state index contributed by atoms with van der Waals surface area (Å²) in [6, 6.07) is 3.18. The molecule has 1 aromatic rings. The van der Waals surface area contributed by atoms with Crippen LogP contribution in [-0.2, 0) is 4.79 Å². The van der Waals surface area contributed by atoms with Crippen molar-refractivity contribution in [2.75, 3.05) is 13.6 Å². The number of halogens is 2. The van der Waals surface area contributed by atoms with Crippen molar-refractivity contribution in [3.8, 4) is 0 Å². The molecular formula is C12H13F2NO3. The Bertz CT molecular complexity index is 442. The first-order valence-electron chi connectivity index (χ1n) is 5.34. The summed E-state index contributed by atoms with van der Waals surface area (Å²) < 4.78 is 26.7. The number of nitrogens with zero attached hydrogens (tertiary/aromatic N) is 1. The Hall–Kier alpha value is -1.98. The topological polar surface area (TPSA) is 57.6 Å². The van der Waals surface area contributed by atoms with Crippen LogP contribution in [0.3, 0.4) is 0 Å². The molecule has 1 aromatic carbocycles. The van der Waals surface area contributed by atoms with Crippen LogP contribution in [-0.4, -0.2) is 35.5 Å². The Morgan fingerprint density at radius 3 is 2.33 bits per heavy atom. The third-order valence-electron chi connectivity index (χ3n) is 2.41. The lowest BCUT2D eigenvalue weighted by Crippen LogP contribution is -2.29. The monoisotopic (exact) mass is 257 g/mol. The molecule has 0 aliphatic rings. The van der Waals surface area contributed by atoms with Crippen molar-refractivity contribution < 1.29 is 23.5 Å². The second-order valence-electron chi connectivity index (χ2n) is 3.82. The van der Waals surface area contributed by atoms with Gasteiger partial charge in [0.15, 0.2) is 0 Å². The van der Waals surface area contributed by atoms with Gasteiger partial charge in [-0.3, -0.25) is 9.59 Å². The Morgan fingerprint density at radius 1 is 1.28 bits per heavy atom. The maximum Gasteiger partial charge on any atom is 0.303 e. The van der Waals surface area contributed by atoms with Crippen LogP contribution in [0.15, 0.2) is 18.2 Å². The number of hydrogen-bond acceptors (Lipinski definition) is 2. The van der Waals surface area contributed by atoms with Crippen LogP contribution in [0.2, 0.25) is 0 Å². The first-order valence-corrected chi connectivity index (χ1v) is 5.34. The predicted octanol–water partition coefficient (Wildman–Crippen LogP) is 1.90. The van der Waals surface area contributed by atoms with E-state index < -0.39 is 29.1 Å². The van der Waals surface area contributed by atoms with E-state index in [0.717, 1.165) is 17.0 Å². The molecule has 0 atom stereocenters. The zero-order valence-electron chi connectivity index (χ0n) is 9.82. The van der Waals surface area contributed by atoms with Crippen molar-refractivity contribution >= 4 is 11.9 Å². The molecule has 1 rings (SSSR count). The highest BCUT2D eigenvalue weighted by molar-refractivity contribution is 5.94. The largest absolute Gasteiger partial charge is 0.481 e. The van der Waals surface area contributed by atoms with Crippen molar-refractivity contribution in [2.45, 2.75) is 12.8 Å². The van der Waals surface area contributed by atoms with Crippen molar-refractivity contribution in [3.63, 3.8) is 0 Å². The molecule has 0 aliphatic heterocycles. The molecule has 0 saturated carbocycles. The average Bonchev–Trinajstić information content (AvgIpc) is 2.27. The minimum atomic E-state index is -0.979. The molecule has 0 spiro atoms. The SMILES string of the molecule is CN(CCCC(=O)O)C(=O)c1c(F)cccc1F. The Labute approximate surface area is 103 Å². The second kappa shape index (κ2) is 6.09. The zero-order chi connectivity index (χ0) is 13.7. The first-order chi connectivity index (χ1) is 8.43. The lowest BCUT2D eigenvalue weighted by atomic mass is 10.1. The van der Waals surface area contributed by atoms with Crippen LogP contribution in [0.25, 0.3) is 0 Å². The minimum Gasteiger partial charge on any atom is -0.481 e. The normalized spacial score (nSPS) is 10.2. The van der Waals surface area contributed by atoms with E-state index in [4.69, 9.17) is 5.11 Å². The van der Waals surface area contributed by atoms with Crippen molar-refractivity contribution in [1.82, 2.24) is 4.90 Å². The number of carbonyl (C=O) groups excluding carboxylic acids is 1. The molecule has 0 fully saturated rings. The lowest BCUT2D eigenvalue weighted by Gasteiger charge is -2.17. The van der Waals surface area contributed by atoms with Gasteiger partial charge in [0, 0.05) is 20.0 Å². The summed E-state index contributed by atoms with van der Waals surface area (Å²) in [6.07, 6.45) is 0.130. The van der Waals surface area contributed by atoms with Gasteiger partial charge in [-0.1, -0.05) is 6.07 Å². The summed E-state index contributed by atoms with van der Waals surface area (Å²) in [5.41, 5.74) is -0.615. The third kappa shape index (κ3) is 3.51. The van der Waals surface area contributed by atoms with E-state index in [1.807, 2.05) is 0 Å². The number of hydrogen-bond donors (Lipinski definition) is 1. The van der Waals surface area contributed by atoms with E-state index in [-0.39, 0.29) is 19.4 Å². The molecule has 0 unspecified atom stereocenters. The van der Waals surface area contributed by atoms with Crippen molar-refractivity contribution in [1.29, 1.82) is 0 Å². The van der Waals surface area contributed by atoms with Gasteiger partial charge in [-0.05, 0) is 18.6 Å². The number of benzene rings is 1. The molecule has 1 amide bonds. The minimum absolute atomic E-state index is 0.0998. The van der Waals surface area contributed by atoms with E-state index in [0.29, 0.717) is 0 Å². The Balaban J connectivity index is 2.72. The predicted molar refractivity (Wildman–Crippen MR) is 60.2 cm³/mol. The Morgan fingerprint density at radius 2 is 1.83 bits per heavy atom. The molecule has 0 aliphatic carbocycles. The van der Waals surface area contributed by atoms with Crippen LogP contribution in [0.4, 0.5) is 8.78 Å². The number of amides is 1. The molecule has 0 radical (unpaired) electrons. The number of aliphatic carboxylic acids is 1. The summed E-state index contributed by atoms with van der Waals surface area (Å²) >= 11 is 0. The summed E-state index contributed by atoms with van der Waals surface area (Å²) in [5, 5.41) is 8.45. The third-order valence-corrected chi connectivity index (χ3v) is 2.41. The van der Waals surface area contributed by atoms with Gasteiger partial charge in [-0.2, -0.15) is 0 Å². The van der Waals surface area contributed by atoms with Gasteiger partial charge < -0.3 is 10.0 Å². The molecule has 0 bridgehead atoms. The van der Waals surface area contributed by atoms with Gasteiger partial charge >= 0.3 is 5.97 Å². The number of carboxylic acid groups (broad SMARTS) is 1. The molecular weight excluding hydrogens is 244 g/mol. The molecule has 6 heteroatoms. The van der Waals surface area contributed by atoms with E-state index in [2.05, 4.69) is 0 Å². The first kappa shape index (κ1) is 14.1. The van der Waals surface area contributed by atoms with Crippen LogP contribution in [0, 0.1) is 11.6 Å². The fourth-order valence-corrected chi connectivity index (χ4v) is 1.46. The number of rotatable bonds is 5. The molecule has 18 heavy (non-hydrogen) atoms. The fourth-order valence-electron chi connectivity index (χ4n) is 1.46. The summed E-state index contributed by atoms with van der Waals surface area (Å²) in [7, 11) is 1.37. The van der Waals surface area contributed by atoms with E-state index in [1.54, 1.807) is 0 Å². The maximum absolute atomic E-state index is 13.3. The van der Waals surface area contributed by atoms with Gasteiger partial charge in [-0.15, -0.1) is 0 Å². The van der Waals surface area contributed by atoms with E-state index in [9.17, 15) is 18.4 Å². The standard InChI is InChI=1S/C12H13F2NO3/c1-15(7-3-6-10(16)17)12(18)11-8(13)4-2-5-9(11)14/h2,4-5H,3,6-7H2,1H3,(H,16,17). The Kier molecular flexibility index (Phi) is 4.76. The summed E-state index contributed by atoms with van der Waals surface area (Å²) in [4.78, 5) is 23.2. The van der Waals surface area contributed by atoms with E-state index in [1.165, 1.54) is 13.1 Å². The highest BCUT2D eigenvalue weighted by Crippen LogP contribution is 2.14. The van der Waals surface area contributed by atoms with Gasteiger partial charge in [0.05, 0.1) is 0 Å². The van der Waals surface area contributed by atoms with Crippen molar-refractivity contribution in [2.24, 2.45) is 0 Å². The average molecular weight is 257 g/mol. The highest BCUT2D eigenvalue weighted by atomic mass is 19.1. The highest BCUT2D eigenvalue weighted by Gasteiger charge is 2.20. The molecule has 4 nitrogen and oxygen atoms in total. The lowest BCUT2D eigenvalue weighted by molar-refractivity contribution is -0.137. The summed E-state index contributed by atoms with van der Waals surface area (Å²) in [6.45, 7) is 0.124. The van der Waals surface area contributed by atoms with Crippen LogP contribution in [0.1, 0.15) is 23.2 Å². The van der Waals surface area contributed by atoms with Crippen LogP contribution in [0.5, 0.6) is 0 Å².